The zero-order chi connectivity index (χ0) is 17.9. The normalized spacial score (nSPS) is 13.0. The average molecular weight is 353 g/mol. The fourth-order valence-corrected chi connectivity index (χ4v) is 3.15. The van der Waals surface area contributed by atoms with Crippen molar-refractivity contribution >= 4 is 16.0 Å². The van der Waals surface area contributed by atoms with Gasteiger partial charge in [0.1, 0.15) is 0 Å². The van der Waals surface area contributed by atoms with E-state index in [2.05, 4.69) is 14.9 Å². The van der Waals surface area contributed by atoms with Crippen molar-refractivity contribution in [3.8, 4) is 0 Å². The summed E-state index contributed by atoms with van der Waals surface area (Å²) < 4.78 is 37.0. The largest absolute Gasteiger partial charge is 0.449 e. The molecule has 8 nitrogen and oxygen atoms in total. The molecule has 0 aliphatic carbocycles. The number of benzene rings is 1. The van der Waals surface area contributed by atoms with Gasteiger partial charge in [0.15, 0.2) is 6.10 Å². The van der Waals surface area contributed by atoms with Crippen molar-refractivity contribution in [1.29, 1.82) is 0 Å². The van der Waals surface area contributed by atoms with E-state index < -0.39 is 22.1 Å². The van der Waals surface area contributed by atoms with E-state index >= 15 is 0 Å². The Morgan fingerprint density at radius 3 is 2.29 bits per heavy atom. The van der Waals surface area contributed by atoms with Gasteiger partial charge in [-0.05, 0) is 45.0 Å². The van der Waals surface area contributed by atoms with Crippen molar-refractivity contribution in [2.75, 3.05) is 0 Å². The first-order valence-corrected chi connectivity index (χ1v) is 8.80. The summed E-state index contributed by atoms with van der Waals surface area (Å²) in [5.41, 5.74) is 0.224. The lowest BCUT2D eigenvalue weighted by atomic mass is 10.2. The summed E-state index contributed by atoms with van der Waals surface area (Å²) >= 11 is 0. The first kappa shape index (κ1) is 18.1. The molecule has 2 aromatic rings. The molecule has 0 amide bonds. The number of sulfonamides is 1. The molecule has 9 heteroatoms. The van der Waals surface area contributed by atoms with E-state index in [0.717, 1.165) is 0 Å². The number of nitrogens with one attached hydrogen (secondary N) is 1. The van der Waals surface area contributed by atoms with Crippen molar-refractivity contribution < 1.29 is 22.4 Å². The smallest absolute Gasteiger partial charge is 0.338 e. The van der Waals surface area contributed by atoms with E-state index in [1.807, 2.05) is 0 Å². The highest BCUT2D eigenvalue weighted by atomic mass is 32.2. The molecule has 24 heavy (non-hydrogen) atoms. The van der Waals surface area contributed by atoms with Crippen molar-refractivity contribution in [2.24, 2.45) is 0 Å². The van der Waals surface area contributed by atoms with Crippen LogP contribution in [0.2, 0.25) is 0 Å². The summed E-state index contributed by atoms with van der Waals surface area (Å²) in [6, 6.07) is 5.26. The van der Waals surface area contributed by atoms with Crippen LogP contribution in [0, 0.1) is 6.92 Å². The van der Waals surface area contributed by atoms with E-state index in [-0.39, 0.29) is 22.4 Å². The van der Waals surface area contributed by atoms with E-state index in [4.69, 9.17) is 9.15 Å². The second-order valence-corrected chi connectivity index (χ2v) is 7.22. The Balaban J connectivity index is 2.08. The van der Waals surface area contributed by atoms with Gasteiger partial charge in [-0.25, -0.2) is 17.9 Å². The van der Waals surface area contributed by atoms with Gasteiger partial charge in [-0.1, -0.05) is 0 Å². The maximum absolute atomic E-state index is 12.1. The predicted molar refractivity (Wildman–Crippen MR) is 84.8 cm³/mol. The van der Waals surface area contributed by atoms with E-state index in [1.165, 1.54) is 24.3 Å². The Morgan fingerprint density at radius 1 is 1.17 bits per heavy atom. The highest BCUT2D eigenvalue weighted by Crippen LogP contribution is 2.18. The molecular weight excluding hydrogens is 334 g/mol. The van der Waals surface area contributed by atoms with Gasteiger partial charge in [-0.3, -0.25) is 0 Å². The summed E-state index contributed by atoms with van der Waals surface area (Å²) in [5, 5.41) is 7.45. The van der Waals surface area contributed by atoms with Gasteiger partial charge in [0.25, 0.3) is 5.89 Å². The van der Waals surface area contributed by atoms with Gasteiger partial charge in [0.2, 0.25) is 15.9 Å². The number of hydrogen-bond donors (Lipinski definition) is 1. The van der Waals surface area contributed by atoms with Crippen LogP contribution in [-0.4, -0.2) is 30.6 Å². The lowest BCUT2D eigenvalue weighted by Gasteiger charge is -2.11. The molecule has 1 atom stereocenters. The third-order valence-corrected chi connectivity index (χ3v) is 4.64. The van der Waals surface area contributed by atoms with Crippen molar-refractivity contribution in [3.05, 3.63) is 41.6 Å². The zero-order valence-corrected chi connectivity index (χ0v) is 14.6. The van der Waals surface area contributed by atoms with Crippen LogP contribution in [0.25, 0.3) is 0 Å². The van der Waals surface area contributed by atoms with E-state index in [9.17, 15) is 13.2 Å². The molecule has 1 heterocycles. The van der Waals surface area contributed by atoms with E-state index in [0.29, 0.717) is 5.89 Å². The molecule has 0 spiro atoms. The minimum Gasteiger partial charge on any atom is -0.449 e. The summed E-state index contributed by atoms with van der Waals surface area (Å²) in [6.45, 7) is 6.69. The number of carbonyl (C=O) groups is 1. The fourth-order valence-electron chi connectivity index (χ4n) is 1.90. The molecule has 0 saturated carbocycles. The molecular formula is C15H19N3O5S. The monoisotopic (exact) mass is 353 g/mol. The van der Waals surface area contributed by atoms with Crippen LogP contribution in [0.15, 0.2) is 33.6 Å². The minimum absolute atomic E-state index is 0.0772. The van der Waals surface area contributed by atoms with Crippen LogP contribution in [-0.2, 0) is 14.8 Å². The number of ether oxygens (including phenoxy) is 1. The Kier molecular flexibility index (Phi) is 5.35. The van der Waals surface area contributed by atoms with Crippen LogP contribution in [0.3, 0.4) is 0 Å². The average Bonchev–Trinajstić information content (AvgIpc) is 2.93. The molecule has 1 aromatic carbocycles. The molecule has 0 fully saturated rings. The molecule has 130 valence electrons. The van der Waals surface area contributed by atoms with Crippen molar-refractivity contribution in [1.82, 2.24) is 14.9 Å². The molecule has 0 aliphatic heterocycles. The van der Waals surface area contributed by atoms with Crippen LogP contribution < -0.4 is 4.72 Å². The summed E-state index contributed by atoms with van der Waals surface area (Å²) in [6.07, 6.45) is -0.704. The van der Waals surface area contributed by atoms with Gasteiger partial charge in [-0.2, -0.15) is 0 Å². The number of aryl methyl sites for hydroxylation is 1. The molecule has 0 radical (unpaired) electrons. The fraction of sp³-hybridized carbons (Fsp3) is 0.400. The van der Waals surface area contributed by atoms with Gasteiger partial charge in [-0.15, -0.1) is 10.2 Å². The molecule has 0 aliphatic rings. The summed E-state index contributed by atoms with van der Waals surface area (Å²) in [4.78, 5) is 12.2. The van der Waals surface area contributed by atoms with Crippen LogP contribution >= 0.6 is 0 Å². The quantitative estimate of drug-likeness (QED) is 0.790. The highest BCUT2D eigenvalue weighted by molar-refractivity contribution is 7.89. The Bertz CT molecular complexity index is 812. The molecule has 0 saturated heterocycles. The van der Waals surface area contributed by atoms with Gasteiger partial charge >= 0.3 is 5.97 Å². The second kappa shape index (κ2) is 7.10. The second-order valence-electron chi connectivity index (χ2n) is 5.51. The Morgan fingerprint density at radius 2 is 1.79 bits per heavy atom. The molecule has 2 rings (SSSR count). The standard InChI is InChI=1S/C15H19N3O5S/c1-9(2)18-24(20,21)13-7-5-12(6-8-13)15(19)22-10(3)14-17-16-11(4)23-14/h5-10,18H,1-4H3. The topological polar surface area (TPSA) is 111 Å². The minimum atomic E-state index is -3.60. The maximum atomic E-state index is 12.1. The number of esters is 1. The molecule has 1 unspecified atom stereocenters. The number of hydrogen-bond acceptors (Lipinski definition) is 7. The Labute approximate surface area is 140 Å². The molecule has 0 bridgehead atoms. The lowest BCUT2D eigenvalue weighted by Crippen LogP contribution is -2.30. The van der Waals surface area contributed by atoms with Gasteiger partial charge in [0, 0.05) is 13.0 Å². The maximum Gasteiger partial charge on any atom is 0.338 e. The van der Waals surface area contributed by atoms with Gasteiger partial charge in [0.05, 0.1) is 10.5 Å². The third kappa shape index (κ3) is 4.39. The Hall–Kier alpha value is -2.26. The summed E-state index contributed by atoms with van der Waals surface area (Å²) in [7, 11) is -3.60. The van der Waals surface area contributed by atoms with Crippen LogP contribution in [0.5, 0.6) is 0 Å². The van der Waals surface area contributed by atoms with Gasteiger partial charge < -0.3 is 9.15 Å². The van der Waals surface area contributed by atoms with Crippen molar-refractivity contribution in [3.63, 3.8) is 0 Å². The third-order valence-electron chi connectivity index (χ3n) is 2.96. The van der Waals surface area contributed by atoms with Crippen LogP contribution in [0.1, 0.15) is 49.0 Å². The highest BCUT2D eigenvalue weighted by Gasteiger charge is 2.20. The first-order chi connectivity index (χ1) is 11.2. The lowest BCUT2D eigenvalue weighted by molar-refractivity contribution is 0.0276. The molecule has 1 N–H and O–H groups in total. The van der Waals surface area contributed by atoms with Crippen LogP contribution in [0.4, 0.5) is 0 Å². The molecule has 1 aromatic heterocycles. The predicted octanol–water partition coefficient (Wildman–Crippen LogP) is 1.98. The number of rotatable bonds is 6. The van der Waals surface area contributed by atoms with E-state index in [1.54, 1.807) is 27.7 Å². The van der Waals surface area contributed by atoms with Crippen molar-refractivity contribution in [2.45, 2.75) is 44.7 Å². The zero-order valence-electron chi connectivity index (χ0n) is 13.8. The SMILES string of the molecule is Cc1nnc(C(C)OC(=O)c2ccc(S(=O)(=O)NC(C)C)cc2)o1. The summed E-state index contributed by atoms with van der Waals surface area (Å²) in [5.74, 6) is -0.0413. The number of nitrogens with zero attached hydrogens (tertiary/aromatic N) is 2. The first-order valence-electron chi connectivity index (χ1n) is 7.32. The number of aromatic nitrogens is 2. The number of carbonyl (C=O) groups excluding carboxylic acids is 1.